The number of primary amides is 1. The number of likely N-dealkylation sites (tertiary alicyclic amines) is 1. The molecule has 3 amide bonds. The predicted octanol–water partition coefficient (Wildman–Crippen LogP) is 1.51. The largest absolute Gasteiger partial charge is 0.573 e. The van der Waals surface area contributed by atoms with Gasteiger partial charge < -0.3 is 10.5 Å². The van der Waals surface area contributed by atoms with Crippen LogP contribution in [-0.4, -0.2) is 53.2 Å². The lowest BCUT2D eigenvalue weighted by Crippen LogP contribution is -2.38. The molecule has 3 atom stereocenters. The average Bonchev–Trinajstić information content (AvgIpc) is 3.11. The molecule has 1 aromatic carbocycles. The van der Waals surface area contributed by atoms with Crippen molar-refractivity contribution in [3.63, 3.8) is 0 Å². The van der Waals surface area contributed by atoms with Gasteiger partial charge in [-0.3, -0.25) is 24.1 Å². The van der Waals surface area contributed by atoms with Crippen LogP contribution in [0.4, 0.5) is 13.2 Å². The van der Waals surface area contributed by atoms with Gasteiger partial charge in [0.1, 0.15) is 5.75 Å². The van der Waals surface area contributed by atoms with Crippen molar-refractivity contribution in [3.05, 3.63) is 29.8 Å². The van der Waals surface area contributed by atoms with Crippen molar-refractivity contribution < 1.29 is 37.1 Å². The van der Waals surface area contributed by atoms with E-state index in [4.69, 9.17) is 10.6 Å². The van der Waals surface area contributed by atoms with E-state index in [0.29, 0.717) is 12.0 Å². The Balaban J connectivity index is 1.89. The number of carbonyl (C=O) groups excluding carboxylic acids is 3. The molecular formula is C18H20F3N3O5. The van der Waals surface area contributed by atoms with Crippen molar-refractivity contribution in [2.45, 2.75) is 38.3 Å². The van der Waals surface area contributed by atoms with E-state index in [1.165, 1.54) is 17.2 Å². The summed E-state index contributed by atoms with van der Waals surface area (Å²) < 4.78 is 41.0. The zero-order valence-electron chi connectivity index (χ0n) is 15.5. The van der Waals surface area contributed by atoms with Gasteiger partial charge in [0.2, 0.25) is 11.8 Å². The number of benzene rings is 1. The molecule has 0 radical (unpaired) electrons. The van der Waals surface area contributed by atoms with Crippen molar-refractivity contribution in [3.8, 4) is 5.75 Å². The second kappa shape index (κ2) is 7.99. The van der Waals surface area contributed by atoms with Crippen molar-refractivity contribution in [1.82, 2.24) is 9.96 Å². The molecule has 0 bridgehead atoms. The molecule has 29 heavy (non-hydrogen) atoms. The Morgan fingerprint density at radius 1 is 1.17 bits per heavy atom. The fourth-order valence-corrected chi connectivity index (χ4v) is 3.62. The summed E-state index contributed by atoms with van der Waals surface area (Å²) in [5.41, 5.74) is 5.63. The van der Waals surface area contributed by atoms with E-state index in [2.05, 4.69) is 4.74 Å². The summed E-state index contributed by atoms with van der Waals surface area (Å²) in [6, 6.07) is 4.22. The van der Waals surface area contributed by atoms with Gasteiger partial charge in [0.05, 0.1) is 12.0 Å². The first-order chi connectivity index (χ1) is 13.6. The van der Waals surface area contributed by atoms with Gasteiger partial charge in [0.15, 0.2) is 6.10 Å². The summed E-state index contributed by atoms with van der Waals surface area (Å²) in [6.07, 6.45) is -5.37. The topological polar surface area (TPSA) is 102 Å². The third-order valence-corrected chi connectivity index (χ3v) is 4.77. The highest BCUT2D eigenvalue weighted by molar-refractivity contribution is 6.07. The van der Waals surface area contributed by atoms with Gasteiger partial charge in [0.25, 0.3) is 5.91 Å². The molecule has 3 unspecified atom stereocenters. The third kappa shape index (κ3) is 4.35. The Hall–Kier alpha value is -2.66. The molecule has 1 aromatic rings. The summed E-state index contributed by atoms with van der Waals surface area (Å²) in [6.45, 7) is 2.11. The van der Waals surface area contributed by atoms with E-state index >= 15 is 0 Å². The summed E-state index contributed by atoms with van der Waals surface area (Å²) in [5, 5.41) is 1.33. The SMILES string of the molecule is CCCN1C(=O)C2ON(CCC(N)=O)C(c3ccc(OC(F)(F)F)cc3)C2C1=O. The second-order valence-corrected chi connectivity index (χ2v) is 6.80. The number of amides is 3. The zero-order valence-corrected chi connectivity index (χ0v) is 15.5. The zero-order chi connectivity index (χ0) is 21.3. The lowest BCUT2D eigenvalue weighted by molar-refractivity contribution is -0.274. The third-order valence-electron chi connectivity index (χ3n) is 4.77. The summed E-state index contributed by atoms with van der Waals surface area (Å²) >= 11 is 0. The number of alkyl halides is 3. The minimum absolute atomic E-state index is 0.0299. The van der Waals surface area contributed by atoms with Crippen molar-refractivity contribution >= 4 is 17.7 Å². The number of hydroxylamine groups is 2. The monoisotopic (exact) mass is 415 g/mol. The molecule has 8 nitrogen and oxygen atoms in total. The number of hydrogen-bond donors (Lipinski definition) is 1. The lowest BCUT2D eigenvalue weighted by atomic mass is 9.90. The van der Waals surface area contributed by atoms with Crippen molar-refractivity contribution in [2.75, 3.05) is 13.1 Å². The lowest BCUT2D eigenvalue weighted by Gasteiger charge is -2.27. The Kier molecular flexibility index (Phi) is 5.80. The number of nitrogens with zero attached hydrogens (tertiary/aromatic N) is 2. The highest BCUT2D eigenvalue weighted by Gasteiger charge is 2.59. The number of rotatable bonds is 7. The fraction of sp³-hybridized carbons (Fsp3) is 0.500. The van der Waals surface area contributed by atoms with Gasteiger partial charge in [0, 0.05) is 19.5 Å². The summed E-state index contributed by atoms with van der Waals surface area (Å²) in [5.74, 6) is -2.75. The Labute approximate surface area is 164 Å². The van der Waals surface area contributed by atoms with E-state index in [1.54, 1.807) is 0 Å². The van der Waals surface area contributed by atoms with Crippen LogP contribution in [0.1, 0.15) is 31.4 Å². The van der Waals surface area contributed by atoms with E-state index in [1.807, 2.05) is 6.92 Å². The van der Waals surface area contributed by atoms with Crippen LogP contribution in [-0.2, 0) is 19.2 Å². The molecule has 0 aliphatic carbocycles. The molecule has 2 fully saturated rings. The molecule has 2 heterocycles. The average molecular weight is 415 g/mol. The number of carbonyl (C=O) groups is 3. The first-order valence-corrected chi connectivity index (χ1v) is 9.05. The quantitative estimate of drug-likeness (QED) is 0.678. The summed E-state index contributed by atoms with van der Waals surface area (Å²) in [7, 11) is 0. The first kappa shape index (κ1) is 21.1. The molecule has 0 spiro atoms. The number of halogens is 3. The summed E-state index contributed by atoms with van der Waals surface area (Å²) in [4.78, 5) is 43.4. The number of fused-ring (bicyclic) bond motifs is 1. The number of imide groups is 1. The molecule has 158 valence electrons. The standard InChI is InChI=1S/C18H20F3N3O5/c1-2-8-23-16(26)13-14(10-3-5-11(6-4-10)28-18(19,20)21)24(9-7-12(22)25)29-15(13)17(23)27/h3-6,13-15H,2,7-9H2,1H3,(H2,22,25). The van der Waals surface area contributed by atoms with Gasteiger partial charge in [-0.1, -0.05) is 19.1 Å². The maximum absolute atomic E-state index is 12.8. The molecule has 2 aliphatic rings. The Bertz CT molecular complexity index is 799. The van der Waals surface area contributed by atoms with E-state index in [-0.39, 0.29) is 19.5 Å². The Morgan fingerprint density at radius 2 is 1.83 bits per heavy atom. The van der Waals surface area contributed by atoms with Crippen LogP contribution in [0.5, 0.6) is 5.75 Å². The molecule has 0 saturated carbocycles. The maximum atomic E-state index is 12.8. The molecular weight excluding hydrogens is 395 g/mol. The fourth-order valence-electron chi connectivity index (χ4n) is 3.62. The minimum Gasteiger partial charge on any atom is -0.406 e. The van der Waals surface area contributed by atoms with E-state index in [0.717, 1.165) is 17.0 Å². The van der Waals surface area contributed by atoms with Crippen LogP contribution in [0.15, 0.2) is 24.3 Å². The van der Waals surface area contributed by atoms with Gasteiger partial charge in [-0.25, -0.2) is 0 Å². The molecule has 2 saturated heterocycles. The van der Waals surface area contributed by atoms with Crippen molar-refractivity contribution in [1.29, 1.82) is 0 Å². The molecule has 3 rings (SSSR count). The van der Waals surface area contributed by atoms with Crippen LogP contribution in [0, 0.1) is 5.92 Å². The van der Waals surface area contributed by atoms with Crippen LogP contribution in [0.2, 0.25) is 0 Å². The van der Waals surface area contributed by atoms with Gasteiger partial charge in [-0.2, -0.15) is 5.06 Å². The van der Waals surface area contributed by atoms with Crippen LogP contribution >= 0.6 is 0 Å². The van der Waals surface area contributed by atoms with E-state index < -0.39 is 47.9 Å². The number of hydrogen-bond acceptors (Lipinski definition) is 6. The van der Waals surface area contributed by atoms with Gasteiger partial charge in [-0.15, -0.1) is 13.2 Å². The minimum atomic E-state index is -4.83. The highest BCUT2D eigenvalue weighted by atomic mass is 19.4. The van der Waals surface area contributed by atoms with Crippen LogP contribution < -0.4 is 10.5 Å². The van der Waals surface area contributed by atoms with Gasteiger partial charge in [-0.05, 0) is 24.1 Å². The first-order valence-electron chi connectivity index (χ1n) is 9.05. The molecule has 2 N–H and O–H groups in total. The van der Waals surface area contributed by atoms with Gasteiger partial charge >= 0.3 is 6.36 Å². The second-order valence-electron chi connectivity index (χ2n) is 6.80. The highest BCUT2D eigenvalue weighted by Crippen LogP contribution is 2.45. The van der Waals surface area contributed by atoms with Crippen LogP contribution in [0.3, 0.4) is 0 Å². The normalized spacial score (nSPS) is 24.8. The number of ether oxygens (including phenoxy) is 1. The smallest absolute Gasteiger partial charge is 0.406 e. The van der Waals surface area contributed by atoms with Crippen LogP contribution in [0.25, 0.3) is 0 Å². The molecule has 11 heteroatoms. The maximum Gasteiger partial charge on any atom is 0.573 e. The van der Waals surface area contributed by atoms with E-state index in [9.17, 15) is 27.6 Å². The predicted molar refractivity (Wildman–Crippen MR) is 91.8 cm³/mol. The van der Waals surface area contributed by atoms with Crippen molar-refractivity contribution in [2.24, 2.45) is 11.7 Å². The molecule has 2 aliphatic heterocycles. The number of nitrogens with two attached hydrogens (primary N) is 1. The Morgan fingerprint density at radius 3 is 2.38 bits per heavy atom. The molecule has 0 aromatic heterocycles.